The summed E-state index contributed by atoms with van der Waals surface area (Å²) in [5.41, 5.74) is 9.79. The molecule has 0 amide bonds. The molecule has 1 heteroatoms. The molecule has 1 heterocycles. The van der Waals surface area contributed by atoms with Gasteiger partial charge < -0.3 is 4.98 Å². The van der Waals surface area contributed by atoms with Crippen LogP contribution in [0, 0.1) is 0 Å². The summed E-state index contributed by atoms with van der Waals surface area (Å²) in [6.07, 6.45) is 0. The van der Waals surface area contributed by atoms with Crippen LogP contribution in [0.5, 0.6) is 0 Å². The lowest BCUT2D eigenvalue weighted by atomic mass is 9.59. The number of fused-ring (bicyclic) bond motifs is 5. The second-order valence-electron chi connectivity index (χ2n) is 9.81. The number of para-hydroxylation sites is 1. The third-order valence-electron chi connectivity index (χ3n) is 8.06. The van der Waals surface area contributed by atoms with Crippen LogP contribution in [0.4, 0.5) is 0 Å². The van der Waals surface area contributed by atoms with Crippen molar-refractivity contribution in [2.75, 3.05) is 0 Å². The third kappa shape index (κ3) is 2.44. The Morgan fingerprint density at radius 2 is 1.11 bits per heavy atom. The van der Waals surface area contributed by atoms with E-state index in [1.54, 1.807) is 0 Å². The zero-order valence-corrected chi connectivity index (χ0v) is 19.7. The van der Waals surface area contributed by atoms with Gasteiger partial charge >= 0.3 is 0 Å². The molecule has 0 aliphatic heterocycles. The predicted octanol–water partition coefficient (Wildman–Crippen LogP) is 8.84. The Morgan fingerprint density at radius 1 is 0.444 bits per heavy atom. The van der Waals surface area contributed by atoms with Crippen molar-refractivity contribution < 1.29 is 0 Å². The fourth-order valence-electron chi connectivity index (χ4n) is 6.62. The number of H-pyrrole nitrogens is 1. The van der Waals surface area contributed by atoms with Gasteiger partial charge in [-0.1, -0.05) is 115 Å². The van der Waals surface area contributed by atoms with Crippen molar-refractivity contribution >= 4 is 32.6 Å². The number of nitrogens with one attached hydrogen (secondary N) is 1. The number of aromatic amines is 1. The van der Waals surface area contributed by atoms with Gasteiger partial charge in [-0.05, 0) is 62.4 Å². The molecule has 1 aliphatic rings. The standard InChI is InChI=1S/C35H23N/c1-3-13-24(14-4-1)35(25-15-5-2-6-16-25)30-19-10-12-23-11-9-18-27(34(23)30)28-21-29-26-17-7-8-20-32(26)36-33(29)22-31(28)35/h1-22,36H. The normalized spacial score (nSPS) is 13.8. The van der Waals surface area contributed by atoms with Gasteiger partial charge in [-0.2, -0.15) is 0 Å². The van der Waals surface area contributed by atoms with Gasteiger partial charge in [0.2, 0.25) is 0 Å². The van der Waals surface area contributed by atoms with Crippen molar-refractivity contribution in [2.45, 2.75) is 5.41 Å². The van der Waals surface area contributed by atoms with Crippen molar-refractivity contribution in [3.8, 4) is 11.1 Å². The summed E-state index contributed by atoms with van der Waals surface area (Å²) in [5.74, 6) is 0. The lowest BCUT2D eigenvalue weighted by Gasteiger charge is -2.42. The Bertz CT molecular complexity index is 1880. The van der Waals surface area contributed by atoms with Gasteiger partial charge in [0.15, 0.2) is 0 Å². The smallest absolute Gasteiger partial charge is 0.0714 e. The highest BCUT2D eigenvalue weighted by molar-refractivity contribution is 6.12. The molecule has 0 spiro atoms. The average molecular weight is 458 g/mol. The SMILES string of the molecule is c1ccc(C2(c3ccccc3)c3cc4[nH]c5ccccc5c4cc3-c3cccc4cccc2c34)cc1. The van der Waals surface area contributed by atoms with Crippen molar-refractivity contribution in [1.29, 1.82) is 0 Å². The summed E-state index contributed by atoms with van der Waals surface area (Å²) >= 11 is 0. The van der Waals surface area contributed by atoms with E-state index in [1.165, 1.54) is 66.0 Å². The lowest BCUT2D eigenvalue weighted by Crippen LogP contribution is -2.33. The van der Waals surface area contributed by atoms with Gasteiger partial charge in [0.1, 0.15) is 0 Å². The largest absolute Gasteiger partial charge is 0.355 e. The molecule has 7 aromatic rings. The molecule has 1 nitrogen and oxygen atoms in total. The molecule has 168 valence electrons. The van der Waals surface area contributed by atoms with Gasteiger partial charge in [-0.3, -0.25) is 0 Å². The summed E-state index contributed by atoms with van der Waals surface area (Å²) in [7, 11) is 0. The Hall–Kier alpha value is -4.62. The summed E-state index contributed by atoms with van der Waals surface area (Å²) in [4.78, 5) is 3.72. The van der Waals surface area contributed by atoms with E-state index < -0.39 is 5.41 Å². The van der Waals surface area contributed by atoms with Gasteiger partial charge in [-0.15, -0.1) is 0 Å². The highest BCUT2D eigenvalue weighted by atomic mass is 14.7. The fraction of sp³-hybridized carbons (Fsp3) is 0.0286. The fourth-order valence-corrected chi connectivity index (χ4v) is 6.62. The van der Waals surface area contributed by atoms with Crippen LogP contribution >= 0.6 is 0 Å². The first-order valence-corrected chi connectivity index (χ1v) is 12.5. The van der Waals surface area contributed by atoms with E-state index in [1.807, 2.05) is 0 Å². The number of hydrogen-bond acceptors (Lipinski definition) is 0. The van der Waals surface area contributed by atoms with Crippen LogP contribution in [-0.2, 0) is 5.41 Å². The van der Waals surface area contributed by atoms with E-state index in [2.05, 4.69) is 138 Å². The maximum absolute atomic E-state index is 3.72. The van der Waals surface area contributed by atoms with Gasteiger partial charge in [0, 0.05) is 21.8 Å². The highest BCUT2D eigenvalue weighted by Crippen LogP contribution is 2.56. The van der Waals surface area contributed by atoms with Crippen molar-refractivity contribution in [3.05, 3.63) is 156 Å². The predicted molar refractivity (Wildman–Crippen MR) is 151 cm³/mol. The molecule has 6 aromatic carbocycles. The first-order valence-electron chi connectivity index (χ1n) is 12.5. The molecule has 0 unspecified atom stereocenters. The third-order valence-corrected chi connectivity index (χ3v) is 8.06. The molecule has 0 bridgehead atoms. The van der Waals surface area contributed by atoms with E-state index in [-0.39, 0.29) is 0 Å². The first-order chi connectivity index (χ1) is 17.9. The number of benzene rings is 6. The van der Waals surface area contributed by atoms with Crippen LogP contribution in [-0.4, -0.2) is 4.98 Å². The molecule has 1 N–H and O–H groups in total. The minimum Gasteiger partial charge on any atom is -0.355 e. The van der Waals surface area contributed by atoms with Crippen LogP contribution in [0.25, 0.3) is 43.7 Å². The van der Waals surface area contributed by atoms with E-state index in [4.69, 9.17) is 0 Å². The molecule has 0 radical (unpaired) electrons. The Kier molecular flexibility index (Phi) is 3.93. The highest BCUT2D eigenvalue weighted by Gasteiger charge is 2.44. The quantitative estimate of drug-likeness (QED) is 0.267. The van der Waals surface area contributed by atoms with E-state index in [0.717, 1.165) is 0 Å². The van der Waals surface area contributed by atoms with Crippen molar-refractivity contribution in [1.82, 2.24) is 4.98 Å². The van der Waals surface area contributed by atoms with Gasteiger partial charge in [0.25, 0.3) is 0 Å². The van der Waals surface area contributed by atoms with E-state index in [9.17, 15) is 0 Å². The van der Waals surface area contributed by atoms with E-state index in [0.29, 0.717) is 0 Å². The summed E-state index contributed by atoms with van der Waals surface area (Å²) in [6.45, 7) is 0. The Morgan fingerprint density at radius 3 is 1.86 bits per heavy atom. The molecular weight excluding hydrogens is 434 g/mol. The zero-order chi connectivity index (χ0) is 23.7. The van der Waals surface area contributed by atoms with E-state index >= 15 is 0 Å². The molecule has 0 saturated heterocycles. The topological polar surface area (TPSA) is 15.8 Å². The molecule has 1 aromatic heterocycles. The number of aromatic nitrogens is 1. The zero-order valence-electron chi connectivity index (χ0n) is 19.7. The van der Waals surface area contributed by atoms with Crippen LogP contribution in [0.3, 0.4) is 0 Å². The van der Waals surface area contributed by atoms with Gasteiger partial charge in [0.05, 0.1) is 5.41 Å². The van der Waals surface area contributed by atoms with Crippen LogP contribution in [0.15, 0.2) is 133 Å². The summed E-state index contributed by atoms with van der Waals surface area (Å²) < 4.78 is 0. The summed E-state index contributed by atoms with van der Waals surface area (Å²) in [5, 5.41) is 5.17. The monoisotopic (exact) mass is 457 g/mol. The first kappa shape index (κ1) is 19.7. The Balaban J connectivity index is 1.65. The van der Waals surface area contributed by atoms with Gasteiger partial charge in [-0.25, -0.2) is 0 Å². The maximum atomic E-state index is 3.72. The van der Waals surface area contributed by atoms with Crippen LogP contribution in [0.2, 0.25) is 0 Å². The van der Waals surface area contributed by atoms with Crippen molar-refractivity contribution in [3.63, 3.8) is 0 Å². The van der Waals surface area contributed by atoms with Crippen LogP contribution in [0.1, 0.15) is 22.3 Å². The summed E-state index contributed by atoms with van der Waals surface area (Å²) in [6, 6.07) is 49.1. The molecular formula is C35H23N. The lowest BCUT2D eigenvalue weighted by molar-refractivity contribution is 0.751. The minimum atomic E-state index is -0.433. The maximum Gasteiger partial charge on any atom is 0.0714 e. The molecule has 0 fully saturated rings. The number of rotatable bonds is 2. The molecule has 36 heavy (non-hydrogen) atoms. The molecule has 0 atom stereocenters. The van der Waals surface area contributed by atoms with Crippen molar-refractivity contribution in [2.24, 2.45) is 0 Å². The average Bonchev–Trinajstić information content (AvgIpc) is 3.31. The second-order valence-corrected chi connectivity index (χ2v) is 9.81. The molecule has 8 rings (SSSR count). The Labute approximate surface area is 209 Å². The molecule has 1 aliphatic carbocycles. The molecule has 0 saturated carbocycles. The second kappa shape index (κ2) is 7.19. The minimum absolute atomic E-state index is 0.433. The van der Waals surface area contributed by atoms with Crippen LogP contribution < -0.4 is 0 Å². The number of hydrogen-bond donors (Lipinski definition) is 1.